The molecule has 1 aromatic carbocycles. The van der Waals surface area contributed by atoms with Gasteiger partial charge in [-0.05, 0) is 55.3 Å². The molecule has 0 unspecified atom stereocenters. The Balaban J connectivity index is 1.23. The van der Waals surface area contributed by atoms with Crippen LogP contribution in [0.4, 0.5) is 20.4 Å². The first kappa shape index (κ1) is 31.0. The molecule has 3 atom stereocenters. The molecule has 16 heteroatoms. The van der Waals surface area contributed by atoms with Crippen LogP contribution in [-0.2, 0) is 16.1 Å². The maximum atomic E-state index is 14.9. The smallest absolute Gasteiger partial charge is 0.245 e. The molecule has 0 aliphatic carbocycles. The Morgan fingerprint density at radius 3 is 2.71 bits per heavy atom. The summed E-state index contributed by atoms with van der Waals surface area (Å²) in [7, 11) is 3.37. The van der Waals surface area contributed by atoms with Gasteiger partial charge < -0.3 is 24.4 Å². The van der Waals surface area contributed by atoms with E-state index in [9.17, 15) is 13.6 Å². The molecule has 0 saturated carbocycles. The number of fused-ring (bicyclic) bond motifs is 6. The standard InChI is InChI=1S/C33H30ClF2N11O2/c1-17-39-24-9-10-37-28-23-5-4-6-27(41-23)40-19-12-26(32(48)44(2)15-20(49-3)16-45(17)29(24)28)46(14-19)30-21-13-38-47(31(21)43-33(34)42-30)25-8-7-18(35)11-22(25)36/h4-11,13,19-20,26H,12,14-16H2,1-3H3,(H,40,41)/t19-,20+,26-/m0/s1. The van der Waals surface area contributed by atoms with Gasteiger partial charge in [0, 0.05) is 45.6 Å². The number of likely N-dealkylation sites (N-methyl/N-ethyl adjacent to an activating group) is 1. The number of pyridine rings is 2. The Hall–Kier alpha value is -5.28. The zero-order chi connectivity index (χ0) is 34.0. The number of methoxy groups -OCH3 is 1. The third kappa shape index (κ3) is 5.38. The molecule has 49 heavy (non-hydrogen) atoms. The van der Waals surface area contributed by atoms with E-state index < -0.39 is 17.7 Å². The zero-order valence-corrected chi connectivity index (χ0v) is 27.4. The fraction of sp³-hybridized carbons (Fsp3) is 0.303. The Bertz CT molecular complexity index is 2260. The normalized spacial score (nSPS) is 19.7. The van der Waals surface area contributed by atoms with Gasteiger partial charge in [-0.15, -0.1) is 0 Å². The van der Waals surface area contributed by atoms with Crippen molar-refractivity contribution in [1.82, 2.24) is 44.2 Å². The Labute approximate surface area is 283 Å². The van der Waals surface area contributed by atoms with Gasteiger partial charge in [0.1, 0.15) is 40.7 Å². The molecule has 4 bridgehead atoms. The second-order valence-corrected chi connectivity index (χ2v) is 12.6. The molecular weight excluding hydrogens is 656 g/mol. The maximum absolute atomic E-state index is 14.9. The third-order valence-corrected chi connectivity index (χ3v) is 9.31. The number of amides is 1. The quantitative estimate of drug-likeness (QED) is 0.267. The molecule has 5 aromatic heterocycles. The number of carbonyl (C=O) groups excluding carboxylic acids is 1. The van der Waals surface area contributed by atoms with E-state index in [2.05, 4.69) is 25.0 Å². The van der Waals surface area contributed by atoms with E-state index in [-0.39, 0.29) is 34.7 Å². The predicted octanol–water partition coefficient (Wildman–Crippen LogP) is 4.41. The number of carbonyl (C=O) groups is 1. The molecule has 7 heterocycles. The maximum Gasteiger partial charge on any atom is 0.245 e. The van der Waals surface area contributed by atoms with E-state index in [1.807, 2.05) is 36.1 Å². The number of aromatic nitrogens is 8. The summed E-state index contributed by atoms with van der Waals surface area (Å²) in [6.45, 7) is 3.00. The van der Waals surface area contributed by atoms with Crippen molar-refractivity contribution in [2.75, 3.05) is 37.5 Å². The topological polar surface area (TPSA) is 132 Å². The average Bonchev–Trinajstić information content (AvgIpc) is 3.78. The zero-order valence-electron chi connectivity index (χ0n) is 26.7. The molecule has 1 fully saturated rings. The van der Waals surface area contributed by atoms with E-state index in [0.29, 0.717) is 54.5 Å². The van der Waals surface area contributed by atoms with Gasteiger partial charge in [0.25, 0.3) is 0 Å². The van der Waals surface area contributed by atoms with Crippen LogP contribution in [0.1, 0.15) is 12.2 Å². The summed E-state index contributed by atoms with van der Waals surface area (Å²) in [5.74, 6) is 0.0671. The van der Waals surface area contributed by atoms with Gasteiger partial charge in [-0.25, -0.2) is 23.4 Å². The first-order valence-corrected chi connectivity index (χ1v) is 16.0. The van der Waals surface area contributed by atoms with E-state index in [0.717, 1.165) is 29.0 Å². The van der Waals surface area contributed by atoms with E-state index in [4.69, 9.17) is 31.3 Å². The molecule has 2 aliphatic heterocycles. The summed E-state index contributed by atoms with van der Waals surface area (Å²) in [5.41, 5.74) is 3.19. The molecule has 0 radical (unpaired) electrons. The van der Waals surface area contributed by atoms with Crippen molar-refractivity contribution < 1.29 is 18.3 Å². The molecular formula is C33H30ClF2N11O2. The molecule has 250 valence electrons. The van der Waals surface area contributed by atoms with Gasteiger partial charge in [0.2, 0.25) is 11.2 Å². The lowest BCUT2D eigenvalue weighted by Crippen LogP contribution is -2.47. The van der Waals surface area contributed by atoms with E-state index in [1.54, 1.807) is 25.3 Å². The monoisotopic (exact) mass is 685 g/mol. The van der Waals surface area contributed by atoms with Gasteiger partial charge in [0.15, 0.2) is 11.5 Å². The number of imidazole rings is 1. The first-order chi connectivity index (χ1) is 23.7. The van der Waals surface area contributed by atoms with Gasteiger partial charge in [0.05, 0.1) is 41.0 Å². The number of nitrogens with zero attached hydrogens (tertiary/aromatic N) is 10. The average molecular weight is 686 g/mol. The third-order valence-electron chi connectivity index (χ3n) is 9.14. The minimum Gasteiger partial charge on any atom is -0.378 e. The molecule has 1 amide bonds. The van der Waals surface area contributed by atoms with Crippen LogP contribution >= 0.6 is 11.6 Å². The second-order valence-electron chi connectivity index (χ2n) is 12.2. The summed E-state index contributed by atoms with van der Waals surface area (Å²) < 4.78 is 37.8. The number of hydrogen-bond acceptors (Lipinski definition) is 10. The number of ether oxygens (including phenoxy) is 1. The van der Waals surface area contributed by atoms with Gasteiger partial charge in [-0.1, -0.05) is 6.07 Å². The number of halogens is 3. The Morgan fingerprint density at radius 1 is 1.04 bits per heavy atom. The lowest BCUT2D eigenvalue weighted by molar-refractivity contribution is -0.132. The predicted molar refractivity (Wildman–Crippen MR) is 179 cm³/mol. The highest BCUT2D eigenvalue weighted by molar-refractivity contribution is 6.28. The lowest BCUT2D eigenvalue weighted by atomic mass is 10.1. The minimum absolute atomic E-state index is 0.00934. The van der Waals surface area contributed by atoms with Crippen LogP contribution in [0.25, 0.3) is 39.1 Å². The van der Waals surface area contributed by atoms with Crippen LogP contribution < -0.4 is 10.2 Å². The van der Waals surface area contributed by atoms with Crippen molar-refractivity contribution in [3.63, 3.8) is 0 Å². The molecule has 0 spiro atoms. The highest BCUT2D eigenvalue weighted by atomic mass is 35.5. The van der Waals surface area contributed by atoms with Crippen molar-refractivity contribution in [3.05, 3.63) is 77.6 Å². The molecule has 1 N–H and O–H groups in total. The van der Waals surface area contributed by atoms with Crippen molar-refractivity contribution in [2.24, 2.45) is 0 Å². The van der Waals surface area contributed by atoms with Crippen LogP contribution in [0.3, 0.4) is 0 Å². The number of benzene rings is 1. The molecule has 13 nitrogen and oxygen atoms in total. The molecule has 8 rings (SSSR count). The summed E-state index contributed by atoms with van der Waals surface area (Å²) in [6, 6.07) is 9.84. The van der Waals surface area contributed by atoms with E-state index >= 15 is 0 Å². The Morgan fingerprint density at radius 2 is 1.90 bits per heavy atom. The molecule has 2 aliphatic rings. The number of hydrogen-bond donors (Lipinski definition) is 1. The SMILES string of the molecule is CO[C@@H]1CN(C)C(=O)[C@@H]2C[C@@H](CN2c2nc(Cl)nc3c2cnn3-c2ccc(F)cc2F)Nc2cccc(n2)-c2nccc3nc(C)n(c23)C1. The number of anilines is 2. The van der Waals surface area contributed by atoms with Gasteiger partial charge in [-0.3, -0.25) is 9.78 Å². The lowest BCUT2D eigenvalue weighted by Gasteiger charge is -2.31. The summed E-state index contributed by atoms with van der Waals surface area (Å²) in [4.78, 5) is 41.2. The summed E-state index contributed by atoms with van der Waals surface area (Å²) in [5, 5.41) is 8.21. The fourth-order valence-corrected chi connectivity index (χ4v) is 7.01. The fourth-order valence-electron chi connectivity index (χ4n) is 6.85. The van der Waals surface area contributed by atoms with Gasteiger partial charge in [-0.2, -0.15) is 15.1 Å². The molecule has 1 saturated heterocycles. The van der Waals surface area contributed by atoms with Crippen LogP contribution in [-0.4, -0.2) is 95.5 Å². The van der Waals surface area contributed by atoms with Crippen molar-refractivity contribution >= 4 is 51.2 Å². The van der Waals surface area contributed by atoms with Crippen LogP contribution in [0.2, 0.25) is 5.28 Å². The van der Waals surface area contributed by atoms with Gasteiger partial charge >= 0.3 is 0 Å². The number of nitrogens with one attached hydrogen (secondary N) is 1. The summed E-state index contributed by atoms with van der Waals surface area (Å²) >= 11 is 6.47. The van der Waals surface area contributed by atoms with Crippen LogP contribution in [0.15, 0.2) is 54.9 Å². The largest absolute Gasteiger partial charge is 0.378 e. The summed E-state index contributed by atoms with van der Waals surface area (Å²) in [6.07, 6.45) is 3.25. The van der Waals surface area contributed by atoms with Crippen LogP contribution in [0.5, 0.6) is 0 Å². The van der Waals surface area contributed by atoms with Crippen molar-refractivity contribution in [3.8, 4) is 17.1 Å². The Kier molecular flexibility index (Phi) is 7.60. The van der Waals surface area contributed by atoms with E-state index in [1.165, 1.54) is 16.9 Å². The number of aryl methyl sites for hydroxylation is 1. The highest BCUT2D eigenvalue weighted by Gasteiger charge is 2.41. The van der Waals surface area contributed by atoms with Crippen molar-refractivity contribution in [2.45, 2.75) is 38.1 Å². The van der Waals surface area contributed by atoms with Crippen LogP contribution in [0, 0.1) is 18.6 Å². The number of rotatable bonds is 3. The molecule has 6 aromatic rings. The minimum atomic E-state index is -0.818. The first-order valence-electron chi connectivity index (χ1n) is 15.7. The highest BCUT2D eigenvalue weighted by Crippen LogP contribution is 2.35. The second kappa shape index (κ2) is 12.0. The van der Waals surface area contributed by atoms with Crippen molar-refractivity contribution in [1.29, 1.82) is 0 Å².